The molecule has 0 aromatic carbocycles. The highest BCUT2D eigenvalue weighted by Crippen LogP contribution is 2.52. The molecule has 0 amide bonds. The topological polar surface area (TPSA) is 107 Å². The van der Waals surface area contributed by atoms with E-state index in [0.717, 1.165) is 25.7 Å². The Morgan fingerprint density at radius 1 is 1.37 bits per heavy atom. The van der Waals surface area contributed by atoms with E-state index in [1.54, 1.807) is 0 Å². The molecule has 0 aromatic rings. The number of ether oxygens (including phenoxy) is 1. The van der Waals surface area contributed by atoms with Crippen molar-refractivity contribution in [2.24, 2.45) is 10.5 Å². The first-order valence-corrected chi connectivity index (χ1v) is 6.74. The Bertz CT molecular complexity index is 388. The molecule has 1 saturated heterocycles. The van der Waals surface area contributed by atoms with Crippen molar-refractivity contribution in [1.82, 2.24) is 5.32 Å². The third-order valence-electron chi connectivity index (χ3n) is 4.63. The van der Waals surface area contributed by atoms with Gasteiger partial charge in [-0.05, 0) is 31.2 Å². The van der Waals surface area contributed by atoms with Crippen LogP contribution in [0.5, 0.6) is 0 Å². The highest BCUT2D eigenvalue weighted by molar-refractivity contribution is 5.80. The number of hydrogen-bond donors (Lipinski definition) is 2. The fraction of sp³-hybridized carbons (Fsp3) is 0.917. The van der Waals surface area contributed by atoms with Crippen molar-refractivity contribution in [3.05, 3.63) is 10.4 Å². The minimum absolute atomic E-state index is 0.215. The van der Waals surface area contributed by atoms with E-state index >= 15 is 0 Å². The van der Waals surface area contributed by atoms with Gasteiger partial charge >= 0.3 is 5.97 Å². The maximum absolute atomic E-state index is 11.9. The smallest absolute Gasteiger partial charge is 0.324 e. The molecule has 1 aliphatic heterocycles. The first-order valence-electron chi connectivity index (χ1n) is 6.74. The molecule has 106 valence electrons. The van der Waals surface area contributed by atoms with Crippen LogP contribution in [0.2, 0.25) is 0 Å². The summed E-state index contributed by atoms with van der Waals surface area (Å²) in [4.78, 5) is 14.5. The van der Waals surface area contributed by atoms with Crippen molar-refractivity contribution in [3.63, 3.8) is 0 Å². The van der Waals surface area contributed by atoms with Crippen LogP contribution in [0, 0.1) is 5.41 Å². The van der Waals surface area contributed by atoms with Crippen molar-refractivity contribution < 1.29 is 14.6 Å². The minimum Gasteiger partial charge on any atom is -0.480 e. The maximum atomic E-state index is 11.9. The molecule has 2 N–H and O–H groups in total. The molecule has 0 radical (unpaired) electrons. The number of hydrogen-bond acceptors (Lipinski definition) is 4. The molecule has 1 atom stereocenters. The third kappa shape index (κ3) is 2.41. The molecule has 1 spiro atoms. The standard InChI is InChI=1S/C12H20N4O3/c13-16-15-7-6-14-12(10(17)18)3-1-2-11(12)4-8-19-9-5-11/h14H,1-9H2,(H,17,18). The van der Waals surface area contributed by atoms with Crippen LogP contribution in [-0.2, 0) is 9.53 Å². The largest absolute Gasteiger partial charge is 0.480 e. The van der Waals surface area contributed by atoms with Gasteiger partial charge in [0.1, 0.15) is 5.54 Å². The zero-order valence-electron chi connectivity index (χ0n) is 11.0. The summed E-state index contributed by atoms with van der Waals surface area (Å²) >= 11 is 0. The minimum atomic E-state index is -0.887. The Balaban J connectivity index is 2.16. The van der Waals surface area contributed by atoms with E-state index < -0.39 is 11.5 Å². The highest BCUT2D eigenvalue weighted by atomic mass is 16.5. The van der Waals surface area contributed by atoms with Gasteiger partial charge in [-0.2, -0.15) is 0 Å². The van der Waals surface area contributed by atoms with Crippen LogP contribution >= 0.6 is 0 Å². The molecule has 7 nitrogen and oxygen atoms in total. The van der Waals surface area contributed by atoms with E-state index in [2.05, 4.69) is 15.3 Å². The molecular weight excluding hydrogens is 248 g/mol. The molecule has 1 saturated carbocycles. The fourth-order valence-corrected chi connectivity index (χ4v) is 3.66. The second kappa shape index (κ2) is 5.77. The predicted molar refractivity (Wildman–Crippen MR) is 68.7 cm³/mol. The lowest BCUT2D eigenvalue weighted by molar-refractivity contribution is -0.153. The molecule has 7 heteroatoms. The van der Waals surface area contributed by atoms with E-state index in [-0.39, 0.29) is 12.0 Å². The average molecular weight is 268 g/mol. The van der Waals surface area contributed by atoms with Gasteiger partial charge in [0.15, 0.2) is 0 Å². The molecular formula is C12H20N4O3. The maximum Gasteiger partial charge on any atom is 0.324 e. The first-order chi connectivity index (χ1) is 9.17. The summed E-state index contributed by atoms with van der Waals surface area (Å²) in [5.74, 6) is -0.784. The number of carbonyl (C=O) groups is 1. The molecule has 1 aliphatic carbocycles. The Morgan fingerprint density at radius 3 is 2.74 bits per heavy atom. The normalized spacial score (nSPS) is 29.1. The zero-order chi connectivity index (χ0) is 13.8. The molecule has 19 heavy (non-hydrogen) atoms. The Labute approximate surface area is 111 Å². The van der Waals surface area contributed by atoms with Crippen LogP contribution < -0.4 is 5.32 Å². The summed E-state index contributed by atoms with van der Waals surface area (Å²) in [5, 5.41) is 16.4. The molecule has 1 unspecified atom stereocenters. The van der Waals surface area contributed by atoms with E-state index in [0.29, 0.717) is 26.2 Å². The number of azide groups is 1. The molecule has 2 rings (SSSR count). The van der Waals surface area contributed by atoms with Crippen LogP contribution in [0.15, 0.2) is 5.11 Å². The second-order valence-corrected chi connectivity index (χ2v) is 5.34. The summed E-state index contributed by atoms with van der Waals surface area (Å²) in [6.45, 7) is 1.94. The lowest BCUT2D eigenvalue weighted by atomic mass is 9.66. The fourth-order valence-electron chi connectivity index (χ4n) is 3.66. The average Bonchev–Trinajstić information content (AvgIpc) is 2.75. The van der Waals surface area contributed by atoms with Gasteiger partial charge in [0.05, 0.1) is 0 Å². The number of nitrogens with one attached hydrogen (secondary N) is 1. The van der Waals surface area contributed by atoms with E-state index in [4.69, 9.17) is 10.3 Å². The van der Waals surface area contributed by atoms with Crippen LogP contribution in [0.25, 0.3) is 10.4 Å². The lowest BCUT2D eigenvalue weighted by Crippen LogP contribution is -2.62. The van der Waals surface area contributed by atoms with Crippen LogP contribution in [0.1, 0.15) is 32.1 Å². The number of carboxylic acids is 1. The Hall–Kier alpha value is -1.30. The Kier molecular flexibility index (Phi) is 4.29. The van der Waals surface area contributed by atoms with Gasteiger partial charge in [-0.3, -0.25) is 4.79 Å². The highest BCUT2D eigenvalue weighted by Gasteiger charge is 2.59. The number of aliphatic carboxylic acids is 1. The van der Waals surface area contributed by atoms with Gasteiger partial charge in [0, 0.05) is 36.6 Å². The number of carboxylic acid groups (broad SMARTS) is 1. The molecule has 2 fully saturated rings. The van der Waals surface area contributed by atoms with Crippen molar-refractivity contribution in [2.75, 3.05) is 26.3 Å². The quantitative estimate of drug-likeness (QED) is 0.342. The van der Waals surface area contributed by atoms with Gasteiger partial charge in [-0.1, -0.05) is 11.5 Å². The monoisotopic (exact) mass is 268 g/mol. The van der Waals surface area contributed by atoms with E-state index in [1.165, 1.54) is 0 Å². The second-order valence-electron chi connectivity index (χ2n) is 5.34. The summed E-state index contributed by atoms with van der Waals surface area (Å²) in [5.41, 5.74) is 7.17. The van der Waals surface area contributed by atoms with Crippen molar-refractivity contribution >= 4 is 5.97 Å². The van der Waals surface area contributed by atoms with Gasteiger partial charge < -0.3 is 15.2 Å². The van der Waals surface area contributed by atoms with Crippen LogP contribution in [0.4, 0.5) is 0 Å². The summed E-state index contributed by atoms with van der Waals surface area (Å²) in [6, 6.07) is 0. The predicted octanol–water partition coefficient (Wildman–Crippen LogP) is 1.69. The number of nitrogens with zero attached hydrogens (tertiary/aromatic N) is 3. The van der Waals surface area contributed by atoms with E-state index in [9.17, 15) is 9.90 Å². The number of rotatable bonds is 5. The van der Waals surface area contributed by atoms with Crippen LogP contribution in [0.3, 0.4) is 0 Å². The van der Waals surface area contributed by atoms with Gasteiger partial charge in [-0.25, -0.2) is 0 Å². The van der Waals surface area contributed by atoms with Gasteiger partial charge in [-0.15, -0.1) is 0 Å². The van der Waals surface area contributed by atoms with Crippen molar-refractivity contribution in [1.29, 1.82) is 0 Å². The zero-order valence-corrected chi connectivity index (χ0v) is 11.0. The lowest BCUT2D eigenvalue weighted by Gasteiger charge is -2.46. The SMILES string of the molecule is [N-]=[N+]=NCCNC1(C(=O)O)CCCC12CCOCC2. The van der Waals surface area contributed by atoms with E-state index in [1.807, 2.05) is 0 Å². The first kappa shape index (κ1) is 14.1. The summed E-state index contributed by atoms with van der Waals surface area (Å²) < 4.78 is 5.39. The molecule has 0 aromatic heterocycles. The summed E-state index contributed by atoms with van der Waals surface area (Å²) in [6.07, 6.45) is 4.05. The summed E-state index contributed by atoms with van der Waals surface area (Å²) in [7, 11) is 0. The van der Waals surface area contributed by atoms with Crippen molar-refractivity contribution in [3.8, 4) is 0 Å². The van der Waals surface area contributed by atoms with Crippen LogP contribution in [-0.4, -0.2) is 42.9 Å². The third-order valence-corrected chi connectivity index (χ3v) is 4.63. The van der Waals surface area contributed by atoms with Gasteiger partial charge in [0.2, 0.25) is 0 Å². The molecule has 0 bridgehead atoms. The van der Waals surface area contributed by atoms with Crippen molar-refractivity contribution in [2.45, 2.75) is 37.6 Å². The van der Waals surface area contributed by atoms with Gasteiger partial charge in [0.25, 0.3) is 0 Å². The molecule has 1 heterocycles. The molecule has 2 aliphatic rings. The Morgan fingerprint density at radius 2 is 2.11 bits per heavy atom.